The number of nitrogens with zero attached hydrogens (tertiary/aromatic N) is 4. The first-order valence-corrected chi connectivity index (χ1v) is 5.96. The second kappa shape index (κ2) is 5.14. The van der Waals surface area contributed by atoms with Gasteiger partial charge in [0.25, 0.3) is 0 Å². The molecular weight excluding hydrogens is 214 g/mol. The molecule has 92 valence electrons. The maximum atomic E-state index is 6.14. The summed E-state index contributed by atoms with van der Waals surface area (Å²) in [7, 11) is 1.90. The second-order valence-corrected chi connectivity index (χ2v) is 4.26. The fourth-order valence-corrected chi connectivity index (χ4v) is 1.91. The number of hydrogen-bond donors (Lipinski definition) is 1. The summed E-state index contributed by atoms with van der Waals surface area (Å²) >= 11 is 0. The Morgan fingerprint density at radius 1 is 1.41 bits per heavy atom. The van der Waals surface area contributed by atoms with E-state index in [-0.39, 0.29) is 6.04 Å². The molecule has 5 heteroatoms. The Morgan fingerprint density at radius 3 is 2.88 bits per heavy atom. The fraction of sp³-hybridized carbons (Fsp3) is 0.500. The van der Waals surface area contributed by atoms with E-state index in [4.69, 9.17) is 5.73 Å². The van der Waals surface area contributed by atoms with E-state index < -0.39 is 0 Å². The van der Waals surface area contributed by atoms with Crippen molar-refractivity contribution in [2.24, 2.45) is 12.8 Å². The molecule has 5 nitrogen and oxygen atoms in total. The van der Waals surface area contributed by atoms with Crippen molar-refractivity contribution in [3.05, 3.63) is 36.2 Å². The van der Waals surface area contributed by atoms with Crippen molar-refractivity contribution < 1.29 is 0 Å². The zero-order valence-electron chi connectivity index (χ0n) is 10.4. The van der Waals surface area contributed by atoms with Gasteiger partial charge in [0.2, 0.25) is 0 Å². The van der Waals surface area contributed by atoms with Crippen LogP contribution in [0.3, 0.4) is 0 Å². The molecule has 0 saturated heterocycles. The first-order chi connectivity index (χ1) is 8.20. The lowest BCUT2D eigenvalue weighted by atomic mass is 10.1. The van der Waals surface area contributed by atoms with Crippen LogP contribution in [0.1, 0.15) is 30.9 Å². The number of nitrogens with two attached hydrogens (primary N) is 1. The topological polar surface area (TPSA) is 61.7 Å². The maximum absolute atomic E-state index is 6.14. The third kappa shape index (κ3) is 2.74. The summed E-state index contributed by atoms with van der Waals surface area (Å²) < 4.78 is 3.93. The van der Waals surface area contributed by atoms with Gasteiger partial charge in [-0.25, -0.2) is 4.98 Å². The Kier molecular flexibility index (Phi) is 3.58. The summed E-state index contributed by atoms with van der Waals surface area (Å²) in [5, 5.41) is 4.32. The van der Waals surface area contributed by atoms with Crippen molar-refractivity contribution in [3.8, 4) is 0 Å². The van der Waals surface area contributed by atoms with E-state index in [1.807, 2.05) is 31.7 Å². The minimum absolute atomic E-state index is 0.0887. The summed E-state index contributed by atoms with van der Waals surface area (Å²) in [6.07, 6.45) is 7.57. The van der Waals surface area contributed by atoms with Gasteiger partial charge in [-0.15, -0.1) is 0 Å². The molecule has 0 saturated carbocycles. The minimum Gasteiger partial charge on any atom is -0.335 e. The highest BCUT2D eigenvalue weighted by atomic mass is 15.3. The molecule has 1 atom stereocenters. The SMILES string of the molecule is CCCn1ccnc1CC(N)c1ccn(C)n1. The summed E-state index contributed by atoms with van der Waals surface area (Å²) in [5.41, 5.74) is 7.05. The molecule has 0 aliphatic carbocycles. The standard InChI is InChI=1S/C12H19N5/c1-3-6-17-8-5-14-12(17)9-10(13)11-4-7-16(2)15-11/h4-5,7-8,10H,3,6,9,13H2,1-2H3. The van der Waals surface area contributed by atoms with Crippen molar-refractivity contribution in [1.82, 2.24) is 19.3 Å². The van der Waals surface area contributed by atoms with Crippen LogP contribution in [0.2, 0.25) is 0 Å². The molecule has 0 aliphatic heterocycles. The van der Waals surface area contributed by atoms with Gasteiger partial charge >= 0.3 is 0 Å². The van der Waals surface area contributed by atoms with Crippen molar-refractivity contribution in [3.63, 3.8) is 0 Å². The van der Waals surface area contributed by atoms with Gasteiger partial charge in [-0.3, -0.25) is 4.68 Å². The first kappa shape index (κ1) is 11.9. The Morgan fingerprint density at radius 2 is 2.24 bits per heavy atom. The van der Waals surface area contributed by atoms with Crippen molar-refractivity contribution in [2.45, 2.75) is 32.4 Å². The summed E-state index contributed by atoms with van der Waals surface area (Å²) in [4.78, 5) is 4.36. The molecule has 0 fully saturated rings. The summed E-state index contributed by atoms with van der Waals surface area (Å²) in [6.45, 7) is 3.15. The Hall–Kier alpha value is -1.62. The molecule has 0 aliphatic rings. The number of aromatic nitrogens is 4. The Labute approximate surface area is 101 Å². The molecule has 2 heterocycles. The maximum Gasteiger partial charge on any atom is 0.110 e. The number of aryl methyl sites for hydroxylation is 2. The van der Waals surface area contributed by atoms with E-state index in [0.29, 0.717) is 0 Å². The highest BCUT2D eigenvalue weighted by Gasteiger charge is 2.13. The Balaban J connectivity index is 2.07. The van der Waals surface area contributed by atoms with Crippen LogP contribution in [-0.4, -0.2) is 19.3 Å². The van der Waals surface area contributed by atoms with E-state index >= 15 is 0 Å². The lowest BCUT2D eigenvalue weighted by Gasteiger charge is -2.10. The lowest BCUT2D eigenvalue weighted by molar-refractivity contribution is 0.585. The molecule has 0 aromatic carbocycles. The van der Waals surface area contributed by atoms with Crippen LogP contribution in [-0.2, 0) is 20.0 Å². The first-order valence-electron chi connectivity index (χ1n) is 5.96. The molecular formula is C12H19N5. The van der Waals surface area contributed by atoms with Gasteiger partial charge in [0.05, 0.1) is 11.7 Å². The molecule has 2 aromatic rings. The Bertz CT molecular complexity index is 471. The molecule has 2 rings (SSSR count). The molecule has 0 amide bonds. The smallest absolute Gasteiger partial charge is 0.110 e. The third-order valence-electron chi connectivity index (χ3n) is 2.78. The quantitative estimate of drug-likeness (QED) is 0.846. The van der Waals surface area contributed by atoms with Crippen LogP contribution in [0, 0.1) is 0 Å². The van der Waals surface area contributed by atoms with Crippen LogP contribution >= 0.6 is 0 Å². The van der Waals surface area contributed by atoms with Gasteiger partial charge in [0, 0.05) is 38.6 Å². The van der Waals surface area contributed by atoms with Crippen LogP contribution < -0.4 is 5.73 Å². The van der Waals surface area contributed by atoms with Gasteiger partial charge < -0.3 is 10.3 Å². The third-order valence-corrected chi connectivity index (χ3v) is 2.78. The van der Waals surface area contributed by atoms with E-state index in [2.05, 4.69) is 21.6 Å². The van der Waals surface area contributed by atoms with E-state index in [1.165, 1.54) is 0 Å². The predicted molar refractivity (Wildman–Crippen MR) is 66.4 cm³/mol. The van der Waals surface area contributed by atoms with Crippen LogP contribution in [0.25, 0.3) is 0 Å². The fourth-order valence-electron chi connectivity index (χ4n) is 1.91. The monoisotopic (exact) mass is 233 g/mol. The number of imidazole rings is 1. The van der Waals surface area contributed by atoms with Crippen molar-refractivity contribution in [1.29, 1.82) is 0 Å². The molecule has 2 aromatic heterocycles. The lowest BCUT2D eigenvalue weighted by Crippen LogP contribution is -2.17. The average molecular weight is 233 g/mol. The van der Waals surface area contributed by atoms with Crippen molar-refractivity contribution in [2.75, 3.05) is 0 Å². The predicted octanol–water partition coefficient (Wildman–Crippen LogP) is 1.27. The van der Waals surface area contributed by atoms with Gasteiger partial charge in [-0.2, -0.15) is 5.10 Å². The summed E-state index contributed by atoms with van der Waals surface area (Å²) in [5.74, 6) is 1.03. The minimum atomic E-state index is -0.0887. The van der Waals surface area contributed by atoms with Crippen LogP contribution in [0.4, 0.5) is 0 Å². The molecule has 0 spiro atoms. The highest BCUT2D eigenvalue weighted by molar-refractivity contribution is 5.08. The molecule has 1 unspecified atom stereocenters. The van der Waals surface area contributed by atoms with Gasteiger partial charge in [-0.05, 0) is 12.5 Å². The molecule has 0 radical (unpaired) electrons. The number of hydrogen-bond acceptors (Lipinski definition) is 3. The molecule has 0 bridgehead atoms. The zero-order chi connectivity index (χ0) is 12.3. The molecule has 2 N–H and O–H groups in total. The number of rotatable bonds is 5. The van der Waals surface area contributed by atoms with Crippen molar-refractivity contribution >= 4 is 0 Å². The highest BCUT2D eigenvalue weighted by Crippen LogP contribution is 2.13. The van der Waals surface area contributed by atoms with Crippen LogP contribution in [0.15, 0.2) is 24.7 Å². The van der Waals surface area contributed by atoms with Gasteiger partial charge in [0.15, 0.2) is 0 Å². The normalized spacial score (nSPS) is 12.9. The van der Waals surface area contributed by atoms with Gasteiger partial charge in [-0.1, -0.05) is 6.92 Å². The van der Waals surface area contributed by atoms with Gasteiger partial charge in [0.1, 0.15) is 5.82 Å². The van der Waals surface area contributed by atoms with E-state index in [0.717, 1.165) is 30.9 Å². The molecule has 17 heavy (non-hydrogen) atoms. The van der Waals surface area contributed by atoms with Crippen LogP contribution in [0.5, 0.6) is 0 Å². The second-order valence-electron chi connectivity index (χ2n) is 4.26. The average Bonchev–Trinajstić information content (AvgIpc) is 2.89. The van der Waals surface area contributed by atoms with E-state index in [1.54, 1.807) is 4.68 Å². The largest absolute Gasteiger partial charge is 0.335 e. The zero-order valence-corrected chi connectivity index (χ0v) is 10.4. The summed E-state index contributed by atoms with van der Waals surface area (Å²) in [6, 6.07) is 1.87. The van der Waals surface area contributed by atoms with E-state index in [9.17, 15) is 0 Å².